The lowest BCUT2D eigenvalue weighted by Gasteiger charge is -2.26. The predicted octanol–water partition coefficient (Wildman–Crippen LogP) is 12.3. The third-order valence-corrected chi connectivity index (χ3v) is 8.67. The van der Waals surface area contributed by atoms with Gasteiger partial charge in [0, 0.05) is 27.4 Å². The highest BCUT2D eigenvalue weighted by Gasteiger charge is 2.24. The van der Waals surface area contributed by atoms with Gasteiger partial charge in [-0.25, -0.2) is 0 Å². The molecule has 0 spiro atoms. The molecule has 0 saturated carbocycles. The molecule has 0 atom stereocenters. The van der Waals surface area contributed by atoms with Crippen LogP contribution in [0.25, 0.3) is 66.1 Å². The van der Waals surface area contributed by atoms with Gasteiger partial charge in [0.25, 0.3) is 0 Å². The molecule has 0 saturated heterocycles. The number of para-hydroxylation sites is 3. The first-order valence-electron chi connectivity index (χ1n) is 15.2. The number of rotatable bonds is 5. The van der Waals surface area contributed by atoms with E-state index in [4.69, 9.17) is 8.83 Å². The Hall–Kier alpha value is -6.06. The van der Waals surface area contributed by atoms with E-state index >= 15 is 0 Å². The Kier molecular flexibility index (Phi) is 5.82. The maximum Gasteiger partial charge on any atom is 0.159 e. The molecule has 9 aromatic rings. The fourth-order valence-corrected chi connectivity index (χ4v) is 6.60. The van der Waals surface area contributed by atoms with Crippen LogP contribution in [0.2, 0.25) is 0 Å². The lowest BCUT2D eigenvalue weighted by atomic mass is 9.98. The zero-order chi connectivity index (χ0) is 29.7. The van der Waals surface area contributed by atoms with E-state index < -0.39 is 0 Å². The molecule has 2 heterocycles. The first kappa shape index (κ1) is 25.4. The van der Waals surface area contributed by atoms with E-state index in [9.17, 15) is 0 Å². The number of benzene rings is 7. The molecule has 9 rings (SSSR count). The third kappa shape index (κ3) is 4.13. The monoisotopic (exact) mass is 577 g/mol. The van der Waals surface area contributed by atoms with Gasteiger partial charge >= 0.3 is 0 Å². The van der Waals surface area contributed by atoms with E-state index in [1.807, 2.05) is 24.3 Å². The van der Waals surface area contributed by atoms with Gasteiger partial charge in [-0.1, -0.05) is 115 Å². The normalized spacial score (nSPS) is 11.6. The number of anilines is 3. The molecule has 0 aliphatic heterocycles. The first-order chi connectivity index (χ1) is 22.3. The molecule has 212 valence electrons. The average Bonchev–Trinajstić information content (AvgIpc) is 3.69. The molecule has 0 amide bonds. The number of hydrogen-bond donors (Lipinski definition) is 0. The van der Waals surface area contributed by atoms with Gasteiger partial charge in [0.15, 0.2) is 5.58 Å². The lowest BCUT2D eigenvalue weighted by molar-refractivity contribution is 0.668. The van der Waals surface area contributed by atoms with Crippen LogP contribution in [0, 0.1) is 0 Å². The van der Waals surface area contributed by atoms with Crippen molar-refractivity contribution in [2.45, 2.75) is 0 Å². The fraction of sp³-hybridized carbons (Fsp3) is 0. The maximum absolute atomic E-state index is 6.85. The molecular weight excluding hydrogens is 550 g/mol. The summed E-state index contributed by atoms with van der Waals surface area (Å²) in [5.74, 6) is 0. The van der Waals surface area contributed by atoms with Gasteiger partial charge < -0.3 is 13.7 Å². The van der Waals surface area contributed by atoms with Crippen molar-refractivity contribution in [1.29, 1.82) is 0 Å². The van der Waals surface area contributed by atoms with Gasteiger partial charge in [0.2, 0.25) is 0 Å². The van der Waals surface area contributed by atoms with Crippen LogP contribution in [0.4, 0.5) is 17.1 Å². The minimum absolute atomic E-state index is 0.849. The van der Waals surface area contributed by atoms with Gasteiger partial charge in [-0.3, -0.25) is 0 Å². The molecule has 2 aromatic heterocycles. The first-order valence-corrected chi connectivity index (χ1v) is 15.2. The minimum atomic E-state index is 0.849. The molecule has 0 unspecified atom stereocenters. The summed E-state index contributed by atoms with van der Waals surface area (Å²) >= 11 is 0. The van der Waals surface area contributed by atoms with Crippen molar-refractivity contribution >= 4 is 60.9 Å². The van der Waals surface area contributed by atoms with Crippen LogP contribution in [0.1, 0.15) is 0 Å². The molecular formula is C42H27NO2. The summed E-state index contributed by atoms with van der Waals surface area (Å²) in [6.07, 6.45) is 0. The predicted molar refractivity (Wildman–Crippen MR) is 187 cm³/mol. The van der Waals surface area contributed by atoms with E-state index in [1.54, 1.807) is 0 Å². The Balaban J connectivity index is 1.37. The molecule has 0 radical (unpaired) electrons. The van der Waals surface area contributed by atoms with Gasteiger partial charge in [-0.2, -0.15) is 0 Å². The Labute approximate surface area is 260 Å². The van der Waals surface area contributed by atoms with Crippen LogP contribution >= 0.6 is 0 Å². The Morgan fingerprint density at radius 2 is 1.04 bits per heavy atom. The van der Waals surface area contributed by atoms with Gasteiger partial charge in [0.1, 0.15) is 16.7 Å². The van der Waals surface area contributed by atoms with Crippen molar-refractivity contribution in [3.63, 3.8) is 0 Å². The summed E-state index contributed by atoms with van der Waals surface area (Å²) in [5, 5.41) is 4.32. The summed E-state index contributed by atoms with van der Waals surface area (Å²) in [5.41, 5.74) is 10.9. The van der Waals surface area contributed by atoms with Crippen LogP contribution in [0.15, 0.2) is 173 Å². The van der Waals surface area contributed by atoms with Crippen molar-refractivity contribution in [2.75, 3.05) is 4.90 Å². The second kappa shape index (κ2) is 10.3. The van der Waals surface area contributed by atoms with Gasteiger partial charge in [0.05, 0.1) is 16.8 Å². The molecule has 0 fully saturated rings. The second-order valence-corrected chi connectivity index (χ2v) is 11.3. The van der Waals surface area contributed by atoms with Crippen molar-refractivity contribution in [3.8, 4) is 22.3 Å². The number of hydrogen-bond acceptors (Lipinski definition) is 3. The summed E-state index contributed by atoms with van der Waals surface area (Å²) in [6.45, 7) is 0. The molecule has 0 bridgehead atoms. The zero-order valence-corrected chi connectivity index (χ0v) is 24.4. The zero-order valence-electron chi connectivity index (χ0n) is 24.4. The number of furan rings is 2. The maximum atomic E-state index is 6.85. The largest absolute Gasteiger partial charge is 0.455 e. The fourth-order valence-electron chi connectivity index (χ4n) is 6.60. The smallest absolute Gasteiger partial charge is 0.159 e. The summed E-state index contributed by atoms with van der Waals surface area (Å²) < 4.78 is 13.4. The highest BCUT2D eigenvalue weighted by atomic mass is 16.3. The second-order valence-electron chi connectivity index (χ2n) is 11.3. The van der Waals surface area contributed by atoms with Crippen molar-refractivity contribution < 1.29 is 8.83 Å². The van der Waals surface area contributed by atoms with Crippen LogP contribution in [0.5, 0.6) is 0 Å². The average molecular weight is 578 g/mol. The van der Waals surface area contributed by atoms with Crippen molar-refractivity contribution in [3.05, 3.63) is 164 Å². The topological polar surface area (TPSA) is 29.5 Å². The quantitative estimate of drug-likeness (QED) is 0.204. The highest BCUT2D eigenvalue weighted by Crippen LogP contribution is 2.48. The summed E-state index contributed by atoms with van der Waals surface area (Å²) in [4.78, 5) is 2.31. The van der Waals surface area contributed by atoms with E-state index in [1.165, 1.54) is 0 Å². The Bertz CT molecular complexity index is 2470. The molecule has 7 aromatic carbocycles. The van der Waals surface area contributed by atoms with Gasteiger partial charge in [-0.15, -0.1) is 0 Å². The van der Waals surface area contributed by atoms with Crippen LogP contribution in [-0.2, 0) is 0 Å². The Morgan fingerprint density at radius 3 is 1.84 bits per heavy atom. The minimum Gasteiger partial charge on any atom is -0.455 e. The van der Waals surface area contributed by atoms with Crippen LogP contribution < -0.4 is 4.90 Å². The molecule has 3 heteroatoms. The summed E-state index contributed by atoms with van der Waals surface area (Å²) in [7, 11) is 0. The lowest BCUT2D eigenvalue weighted by Crippen LogP contribution is -2.10. The SMILES string of the molecule is c1ccc(-c2ccc3c(c2)oc2c(-c4ccccc4)ccc(N(c4ccccc4)c4cccc5c4oc4ccccc45)c23)cc1. The van der Waals surface area contributed by atoms with E-state index in [-0.39, 0.29) is 0 Å². The number of fused-ring (bicyclic) bond motifs is 6. The van der Waals surface area contributed by atoms with Gasteiger partial charge in [-0.05, 0) is 65.2 Å². The van der Waals surface area contributed by atoms with Crippen LogP contribution in [0.3, 0.4) is 0 Å². The third-order valence-electron chi connectivity index (χ3n) is 8.67. The van der Waals surface area contributed by atoms with Crippen molar-refractivity contribution in [2.24, 2.45) is 0 Å². The van der Waals surface area contributed by atoms with E-state index in [2.05, 4.69) is 144 Å². The van der Waals surface area contributed by atoms with Crippen molar-refractivity contribution in [1.82, 2.24) is 0 Å². The molecule has 0 aliphatic carbocycles. The number of nitrogens with zero attached hydrogens (tertiary/aromatic N) is 1. The molecule has 0 aliphatic rings. The molecule has 0 N–H and O–H groups in total. The summed E-state index contributed by atoms with van der Waals surface area (Å²) in [6, 6.07) is 57.0. The van der Waals surface area contributed by atoms with E-state index in [0.29, 0.717) is 0 Å². The Morgan fingerprint density at radius 1 is 0.378 bits per heavy atom. The van der Waals surface area contributed by atoms with Crippen LogP contribution in [-0.4, -0.2) is 0 Å². The molecule has 3 nitrogen and oxygen atoms in total. The highest BCUT2D eigenvalue weighted by molar-refractivity contribution is 6.19. The standard InChI is InChI=1S/C42H27NO2/c1-4-13-28(14-5-1)30-23-24-35-39(27-30)45-42-32(29-15-6-2-7-16-29)25-26-36(40(35)42)43(31-17-8-3-9-18-31)37-21-12-20-34-33-19-10-11-22-38(33)44-41(34)37/h1-27H. The molecule has 45 heavy (non-hydrogen) atoms. The van der Waals surface area contributed by atoms with E-state index in [0.717, 1.165) is 83.2 Å².